The average molecular weight is 302 g/mol. The Morgan fingerprint density at radius 3 is 2.60 bits per heavy atom. The van der Waals surface area contributed by atoms with Gasteiger partial charge >= 0.3 is 0 Å². The third-order valence-corrected chi connectivity index (χ3v) is 4.71. The number of furan rings is 1. The fourth-order valence-electron chi connectivity index (χ4n) is 2.09. The quantitative estimate of drug-likeness (QED) is 0.688. The van der Waals surface area contributed by atoms with E-state index in [4.69, 9.17) is 4.42 Å². The molecule has 0 fully saturated rings. The summed E-state index contributed by atoms with van der Waals surface area (Å²) in [5, 5.41) is 3.20. The minimum absolute atomic E-state index is 0.0685. The first-order valence-electron chi connectivity index (χ1n) is 7.23. The molecule has 1 atom stereocenters. The van der Waals surface area contributed by atoms with Crippen molar-refractivity contribution in [1.29, 1.82) is 0 Å². The zero-order chi connectivity index (χ0) is 15.2. The maximum absolute atomic E-state index is 12.3. The maximum atomic E-state index is 12.3. The van der Waals surface area contributed by atoms with E-state index in [0.717, 1.165) is 25.8 Å². The first kappa shape index (κ1) is 17.2. The Morgan fingerprint density at radius 2 is 2.00 bits per heavy atom. The lowest BCUT2D eigenvalue weighted by molar-refractivity contribution is 0.456. The Hall–Kier alpha value is -0.850. The summed E-state index contributed by atoms with van der Waals surface area (Å²) < 4.78 is 32.8. The number of hydrogen-bond donors (Lipinski definition) is 2. The Balaban J connectivity index is 2.79. The molecule has 0 aromatic carbocycles. The van der Waals surface area contributed by atoms with Gasteiger partial charge in [0.05, 0.1) is 6.54 Å². The van der Waals surface area contributed by atoms with Crippen molar-refractivity contribution in [3.63, 3.8) is 0 Å². The standard InChI is InChI=1S/C14H26N2O3S/c1-5-7-11(3)16-20(17,18)14-9-13(19-12(14)4)10-15-8-6-2/h9,11,15-16H,5-8,10H2,1-4H3. The lowest BCUT2D eigenvalue weighted by atomic mass is 10.2. The predicted octanol–water partition coefficient (Wildman–Crippen LogP) is 2.55. The lowest BCUT2D eigenvalue weighted by Crippen LogP contribution is -2.32. The summed E-state index contributed by atoms with van der Waals surface area (Å²) in [5.41, 5.74) is 0. The zero-order valence-electron chi connectivity index (χ0n) is 12.8. The van der Waals surface area contributed by atoms with Crippen LogP contribution >= 0.6 is 0 Å². The molecule has 0 radical (unpaired) electrons. The van der Waals surface area contributed by atoms with E-state index in [1.807, 2.05) is 13.8 Å². The van der Waals surface area contributed by atoms with E-state index in [0.29, 0.717) is 18.1 Å². The highest BCUT2D eigenvalue weighted by molar-refractivity contribution is 7.89. The van der Waals surface area contributed by atoms with E-state index in [-0.39, 0.29) is 10.9 Å². The molecule has 0 spiro atoms. The van der Waals surface area contributed by atoms with Crippen LogP contribution in [0.5, 0.6) is 0 Å². The molecule has 1 rings (SSSR count). The van der Waals surface area contributed by atoms with Crippen molar-refractivity contribution in [2.75, 3.05) is 6.54 Å². The van der Waals surface area contributed by atoms with Crippen LogP contribution in [0.1, 0.15) is 51.6 Å². The van der Waals surface area contributed by atoms with Crippen LogP contribution in [-0.4, -0.2) is 21.0 Å². The molecule has 0 saturated heterocycles. The van der Waals surface area contributed by atoms with Crippen LogP contribution in [0, 0.1) is 6.92 Å². The highest BCUT2D eigenvalue weighted by Gasteiger charge is 2.22. The predicted molar refractivity (Wildman–Crippen MR) is 80.1 cm³/mol. The number of nitrogens with one attached hydrogen (secondary N) is 2. The van der Waals surface area contributed by atoms with Gasteiger partial charge < -0.3 is 9.73 Å². The third-order valence-electron chi connectivity index (χ3n) is 3.02. The van der Waals surface area contributed by atoms with E-state index >= 15 is 0 Å². The summed E-state index contributed by atoms with van der Waals surface area (Å²) in [4.78, 5) is 0.244. The minimum Gasteiger partial charge on any atom is -0.464 e. The molecule has 20 heavy (non-hydrogen) atoms. The summed E-state index contributed by atoms with van der Waals surface area (Å²) in [6, 6.07) is 1.54. The van der Waals surface area contributed by atoms with Gasteiger partial charge in [0.2, 0.25) is 10.0 Å². The lowest BCUT2D eigenvalue weighted by Gasteiger charge is -2.12. The molecule has 1 unspecified atom stereocenters. The van der Waals surface area contributed by atoms with Crippen LogP contribution in [-0.2, 0) is 16.6 Å². The Bertz CT molecular complexity index is 508. The van der Waals surface area contributed by atoms with E-state index < -0.39 is 10.0 Å². The molecule has 1 aromatic rings. The minimum atomic E-state index is -3.49. The monoisotopic (exact) mass is 302 g/mol. The molecule has 5 nitrogen and oxygen atoms in total. The highest BCUT2D eigenvalue weighted by Crippen LogP contribution is 2.20. The van der Waals surface area contributed by atoms with Gasteiger partial charge in [0.25, 0.3) is 0 Å². The van der Waals surface area contributed by atoms with E-state index in [1.165, 1.54) is 0 Å². The molecular weight excluding hydrogens is 276 g/mol. The summed E-state index contributed by atoms with van der Waals surface area (Å²) in [5.74, 6) is 1.09. The molecular formula is C14H26N2O3S. The van der Waals surface area contributed by atoms with Gasteiger partial charge in [-0.25, -0.2) is 13.1 Å². The molecule has 0 aliphatic rings. The Morgan fingerprint density at radius 1 is 1.30 bits per heavy atom. The van der Waals surface area contributed by atoms with E-state index in [1.54, 1.807) is 13.0 Å². The third kappa shape index (κ3) is 4.92. The number of aryl methyl sites for hydroxylation is 1. The molecule has 0 saturated carbocycles. The number of rotatable bonds is 9. The second-order valence-electron chi connectivity index (χ2n) is 5.12. The molecule has 2 N–H and O–H groups in total. The zero-order valence-corrected chi connectivity index (χ0v) is 13.6. The van der Waals surface area contributed by atoms with E-state index in [9.17, 15) is 8.42 Å². The van der Waals surface area contributed by atoms with Crippen molar-refractivity contribution >= 4 is 10.0 Å². The molecule has 0 bridgehead atoms. The van der Waals surface area contributed by atoms with Crippen LogP contribution < -0.4 is 10.0 Å². The first-order valence-corrected chi connectivity index (χ1v) is 8.71. The second kappa shape index (κ2) is 7.81. The normalized spacial score (nSPS) is 13.6. The molecule has 0 aliphatic carbocycles. The van der Waals surface area contributed by atoms with Crippen LogP contribution in [0.25, 0.3) is 0 Å². The van der Waals surface area contributed by atoms with E-state index in [2.05, 4.69) is 17.0 Å². The van der Waals surface area contributed by atoms with Crippen molar-refractivity contribution in [3.8, 4) is 0 Å². The van der Waals surface area contributed by atoms with Gasteiger partial charge in [0.15, 0.2) is 0 Å². The molecule has 116 valence electrons. The molecule has 0 aliphatic heterocycles. The molecule has 1 aromatic heterocycles. The van der Waals surface area contributed by atoms with Gasteiger partial charge in [-0.2, -0.15) is 0 Å². The SMILES string of the molecule is CCCNCc1cc(S(=O)(=O)NC(C)CCC)c(C)o1. The average Bonchev–Trinajstić information content (AvgIpc) is 2.71. The smallest absolute Gasteiger partial charge is 0.244 e. The fourth-order valence-corrected chi connectivity index (χ4v) is 3.57. The van der Waals surface area contributed by atoms with Gasteiger partial charge in [-0.3, -0.25) is 0 Å². The molecule has 1 heterocycles. The van der Waals surface area contributed by atoms with Gasteiger partial charge in [-0.05, 0) is 33.2 Å². The molecule has 6 heteroatoms. The number of sulfonamides is 1. The van der Waals surface area contributed by atoms with Crippen LogP contribution in [0.4, 0.5) is 0 Å². The van der Waals surface area contributed by atoms with Crippen LogP contribution in [0.3, 0.4) is 0 Å². The van der Waals surface area contributed by atoms with Crippen molar-refractivity contribution in [2.24, 2.45) is 0 Å². The van der Waals surface area contributed by atoms with Gasteiger partial charge in [-0.1, -0.05) is 20.3 Å². The van der Waals surface area contributed by atoms with Gasteiger partial charge in [0.1, 0.15) is 16.4 Å². The molecule has 0 amide bonds. The topological polar surface area (TPSA) is 71.3 Å². The summed E-state index contributed by atoms with van der Waals surface area (Å²) in [7, 11) is -3.49. The van der Waals surface area contributed by atoms with Crippen molar-refractivity contribution < 1.29 is 12.8 Å². The highest BCUT2D eigenvalue weighted by atomic mass is 32.2. The summed E-state index contributed by atoms with van der Waals surface area (Å²) in [6.07, 6.45) is 2.79. The Labute approximate surface area is 122 Å². The fraction of sp³-hybridized carbons (Fsp3) is 0.714. The second-order valence-corrected chi connectivity index (χ2v) is 6.80. The van der Waals surface area contributed by atoms with Crippen molar-refractivity contribution in [3.05, 3.63) is 17.6 Å². The van der Waals surface area contributed by atoms with Crippen LogP contribution in [0.15, 0.2) is 15.4 Å². The van der Waals surface area contributed by atoms with Gasteiger partial charge in [0, 0.05) is 12.1 Å². The number of hydrogen-bond acceptors (Lipinski definition) is 4. The first-order chi connectivity index (χ1) is 9.40. The van der Waals surface area contributed by atoms with Gasteiger partial charge in [-0.15, -0.1) is 0 Å². The maximum Gasteiger partial charge on any atom is 0.244 e. The summed E-state index contributed by atoms with van der Waals surface area (Å²) >= 11 is 0. The van der Waals surface area contributed by atoms with Crippen molar-refractivity contribution in [2.45, 2.75) is 64.4 Å². The van der Waals surface area contributed by atoms with Crippen LogP contribution in [0.2, 0.25) is 0 Å². The summed E-state index contributed by atoms with van der Waals surface area (Å²) in [6.45, 7) is 9.10. The Kier molecular flexibility index (Phi) is 6.71. The van der Waals surface area contributed by atoms with Crippen molar-refractivity contribution in [1.82, 2.24) is 10.0 Å². The largest absolute Gasteiger partial charge is 0.464 e.